The number of unbranched alkanes of at least 4 members (excludes halogenated alkanes) is 2. The average molecular weight is 241 g/mol. The van der Waals surface area contributed by atoms with Crippen LogP contribution in [-0.4, -0.2) is 29.3 Å². The second-order valence-corrected chi connectivity index (χ2v) is 3.70. The Morgan fingerprint density at radius 1 is 1.29 bits per heavy atom. The fourth-order valence-corrected chi connectivity index (χ4v) is 1.40. The van der Waals surface area contributed by atoms with Gasteiger partial charge in [-0.1, -0.05) is 0 Å². The van der Waals surface area contributed by atoms with Crippen LogP contribution in [0.3, 0.4) is 0 Å². The van der Waals surface area contributed by atoms with Crippen molar-refractivity contribution < 1.29 is 19.4 Å². The first kappa shape index (κ1) is 13.4. The van der Waals surface area contributed by atoms with E-state index in [0.29, 0.717) is 13.0 Å². The molecule has 1 aromatic carbocycles. The normalized spacial score (nSPS) is 10.2. The van der Waals surface area contributed by atoms with Crippen LogP contribution in [0.4, 0.5) is 4.39 Å². The maximum atomic E-state index is 12.9. The van der Waals surface area contributed by atoms with Crippen molar-refractivity contribution in [1.82, 2.24) is 5.32 Å². The van der Waals surface area contributed by atoms with Crippen molar-refractivity contribution in [2.75, 3.05) is 13.2 Å². The van der Waals surface area contributed by atoms with Gasteiger partial charge in [-0.3, -0.25) is 4.79 Å². The molecule has 5 heteroatoms. The molecule has 3 N–H and O–H groups in total. The number of nitrogens with one attached hydrogen (secondary N) is 1. The van der Waals surface area contributed by atoms with Crippen LogP contribution in [0.5, 0.6) is 5.75 Å². The number of benzene rings is 1. The Morgan fingerprint density at radius 2 is 2.06 bits per heavy atom. The quantitative estimate of drug-likeness (QED) is 0.660. The minimum absolute atomic E-state index is 0.0628. The summed E-state index contributed by atoms with van der Waals surface area (Å²) in [6, 6.07) is 3.24. The van der Waals surface area contributed by atoms with Crippen LogP contribution < -0.4 is 5.32 Å². The topological polar surface area (TPSA) is 69.6 Å². The van der Waals surface area contributed by atoms with Gasteiger partial charge in [0.15, 0.2) is 0 Å². The van der Waals surface area contributed by atoms with Crippen LogP contribution >= 0.6 is 0 Å². The minimum Gasteiger partial charge on any atom is -0.507 e. The number of aliphatic hydroxyl groups excluding tert-OH is 1. The first-order chi connectivity index (χ1) is 8.15. The number of rotatable bonds is 6. The second-order valence-electron chi connectivity index (χ2n) is 3.70. The van der Waals surface area contributed by atoms with Crippen LogP contribution in [0.15, 0.2) is 18.2 Å². The smallest absolute Gasteiger partial charge is 0.255 e. The molecule has 1 rings (SSSR count). The zero-order valence-electron chi connectivity index (χ0n) is 9.45. The Labute approximate surface area is 99.1 Å². The molecule has 0 bridgehead atoms. The summed E-state index contributed by atoms with van der Waals surface area (Å²) in [5.41, 5.74) is -0.0628. The third-order valence-electron chi connectivity index (χ3n) is 2.32. The number of amides is 1. The van der Waals surface area contributed by atoms with Crippen LogP contribution in [0.1, 0.15) is 29.6 Å². The molecular weight excluding hydrogens is 225 g/mol. The first-order valence-corrected chi connectivity index (χ1v) is 5.52. The van der Waals surface area contributed by atoms with Gasteiger partial charge < -0.3 is 15.5 Å². The van der Waals surface area contributed by atoms with Crippen molar-refractivity contribution in [3.8, 4) is 5.75 Å². The highest BCUT2D eigenvalue weighted by molar-refractivity contribution is 5.96. The van der Waals surface area contributed by atoms with E-state index in [-0.39, 0.29) is 17.9 Å². The number of hydrogen-bond donors (Lipinski definition) is 3. The van der Waals surface area contributed by atoms with Crippen molar-refractivity contribution >= 4 is 5.91 Å². The Hall–Kier alpha value is -1.62. The molecule has 4 nitrogen and oxygen atoms in total. The summed E-state index contributed by atoms with van der Waals surface area (Å²) in [7, 11) is 0. The van der Waals surface area contributed by atoms with Crippen molar-refractivity contribution in [3.05, 3.63) is 29.6 Å². The Kier molecular flexibility index (Phi) is 5.42. The molecule has 1 aromatic rings. The van der Waals surface area contributed by atoms with Crippen molar-refractivity contribution in [1.29, 1.82) is 0 Å². The molecule has 0 aliphatic heterocycles. The molecule has 0 fully saturated rings. The summed E-state index contributed by atoms with van der Waals surface area (Å²) >= 11 is 0. The third-order valence-corrected chi connectivity index (χ3v) is 2.32. The van der Waals surface area contributed by atoms with Gasteiger partial charge in [0.1, 0.15) is 11.6 Å². The zero-order chi connectivity index (χ0) is 12.7. The SMILES string of the molecule is O=C(NCCCCCO)c1cc(F)ccc1O. The lowest BCUT2D eigenvalue weighted by molar-refractivity contribution is 0.0949. The number of halogens is 1. The molecule has 0 heterocycles. The third kappa shape index (κ3) is 4.40. The van der Waals surface area contributed by atoms with E-state index in [9.17, 15) is 14.3 Å². The molecule has 0 aliphatic carbocycles. The number of phenols is 1. The van der Waals surface area contributed by atoms with Gasteiger partial charge in [-0.15, -0.1) is 0 Å². The molecule has 0 saturated heterocycles. The van der Waals surface area contributed by atoms with Gasteiger partial charge in [0.25, 0.3) is 5.91 Å². The summed E-state index contributed by atoms with van der Waals surface area (Å²) in [5.74, 6) is -1.29. The van der Waals surface area contributed by atoms with Crippen molar-refractivity contribution in [3.63, 3.8) is 0 Å². The van der Waals surface area contributed by atoms with Gasteiger partial charge in [0.05, 0.1) is 5.56 Å². The number of carbonyl (C=O) groups is 1. The minimum atomic E-state index is -0.562. The summed E-state index contributed by atoms with van der Waals surface area (Å²) in [6.45, 7) is 0.577. The van der Waals surface area contributed by atoms with Gasteiger partial charge >= 0.3 is 0 Å². The van der Waals surface area contributed by atoms with Crippen LogP contribution in [0, 0.1) is 5.82 Å². The monoisotopic (exact) mass is 241 g/mol. The summed E-state index contributed by atoms with van der Waals surface area (Å²) in [6.07, 6.45) is 2.25. The fourth-order valence-electron chi connectivity index (χ4n) is 1.40. The lowest BCUT2D eigenvalue weighted by Crippen LogP contribution is -2.24. The summed E-state index contributed by atoms with van der Waals surface area (Å²) in [5, 5.41) is 20.5. The van der Waals surface area contributed by atoms with Crippen molar-refractivity contribution in [2.45, 2.75) is 19.3 Å². The fraction of sp³-hybridized carbons (Fsp3) is 0.417. The van der Waals surface area contributed by atoms with E-state index < -0.39 is 11.7 Å². The molecule has 0 atom stereocenters. The number of aromatic hydroxyl groups is 1. The molecule has 94 valence electrons. The standard InChI is InChI=1S/C12H16FNO3/c13-9-4-5-11(16)10(8-9)12(17)14-6-2-1-3-7-15/h4-5,8,15-16H,1-3,6-7H2,(H,14,17). The van der Waals surface area contributed by atoms with E-state index in [1.54, 1.807) is 0 Å². The summed E-state index contributed by atoms with van der Waals surface area (Å²) < 4.78 is 12.9. The van der Waals surface area contributed by atoms with Gasteiger partial charge in [0, 0.05) is 13.2 Å². The van der Waals surface area contributed by atoms with Gasteiger partial charge in [-0.05, 0) is 37.5 Å². The zero-order valence-corrected chi connectivity index (χ0v) is 9.45. The first-order valence-electron chi connectivity index (χ1n) is 5.52. The Morgan fingerprint density at radius 3 is 2.76 bits per heavy atom. The van der Waals surface area contributed by atoms with Crippen LogP contribution in [0.2, 0.25) is 0 Å². The predicted octanol–water partition coefficient (Wildman–Crippen LogP) is 1.42. The maximum Gasteiger partial charge on any atom is 0.255 e. The highest BCUT2D eigenvalue weighted by atomic mass is 19.1. The van der Waals surface area contributed by atoms with Gasteiger partial charge in [0.2, 0.25) is 0 Å². The average Bonchev–Trinajstić information content (AvgIpc) is 2.32. The molecular formula is C12H16FNO3. The Balaban J connectivity index is 2.44. The number of carbonyl (C=O) groups excluding carboxylic acids is 1. The molecule has 0 aromatic heterocycles. The van der Waals surface area contributed by atoms with E-state index in [1.807, 2.05) is 0 Å². The Bertz CT molecular complexity index is 382. The molecule has 0 unspecified atom stereocenters. The van der Waals surface area contributed by atoms with Gasteiger partial charge in [-0.2, -0.15) is 0 Å². The maximum absolute atomic E-state index is 12.9. The molecule has 0 spiro atoms. The number of aliphatic hydroxyl groups is 1. The highest BCUT2D eigenvalue weighted by Gasteiger charge is 2.11. The van der Waals surface area contributed by atoms with E-state index >= 15 is 0 Å². The lowest BCUT2D eigenvalue weighted by Gasteiger charge is -2.06. The largest absolute Gasteiger partial charge is 0.507 e. The van der Waals surface area contributed by atoms with Gasteiger partial charge in [-0.25, -0.2) is 4.39 Å². The molecule has 0 saturated carbocycles. The highest BCUT2D eigenvalue weighted by Crippen LogP contribution is 2.17. The molecule has 0 radical (unpaired) electrons. The second kappa shape index (κ2) is 6.85. The van der Waals surface area contributed by atoms with Crippen LogP contribution in [0.25, 0.3) is 0 Å². The molecule has 17 heavy (non-hydrogen) atoms. The van der Waals surface area contributed by atoms with Crippen molar-refractivity contribution in [2.24, 2.45) is 0 Å². The number of phenolic OH excluding ortho intramolecular Hbond substituents is 1. The van der Waals surface area contributed by atoms with E-state index in [0.717, 1.165) is 31.0 Å². The van der Waals surface area contributed by atoms with Crippen LogP contribution in [-0.2, 0) is 0 Å². The molecule has 1 amide bonds. The van der Waals surface area contributed by atoms with E-state index in [4.69, 9.17) is 5.11 Å². The number of hydrogen-bond acceptors (Lipinski definition) is 3. The predicted molar refractivity (Wildman–Crippen MR) is 61.3 cm³/mol. The molecule has 0 aliphatic rings. The van der Waals surface area contributed by atoms with E-state index in [1.165, 1.54) is 0 Å². The van der Waals surface area contributed by atoms with E-state index in [2.05, 4.69) is 5.32 Å². The lowest BCUT2D eigenvalue weighted by atomic mass is 10.1. The summed E-state index contributed by atoms with van der Waals surface area (Å²) in [4.78, 5) is 11.6.